The summed E-state index contributed by atoms with van der Waals surface area (Å²) in [6.07, 6.45) is 1.22. The molecule has 0 radical (unpaired) electrons. The number of nitrogens with zero attached hydrogens (tertiary/aromatic N) is 1. The van der Waals surface area contributed by atoms with Crippen LogP contribution in [0.15, 0.2) is 57.2 Å². The monoisotopic (exact) mass is 567 g/mol. The summed E-state index contributed by atoms with van der Waals surface area (Å²) in [6, 6.07) is 13.1. The van der Waals surface area contributed by atoms with Crippen molar-refractivity contribution in [3.05, 3.63) is 58.6 Å². The molecule has 0 amide bonds. The minimum Gasteiger partial charge on any atom is -0.357 e. The number of aryl methyl sites for hydroxylation is 1. The molecule has 160 valence electrons. The van der Waals surface area contributed by atoms with E-state index in [1.807, 2.05) is 43.3 Å². The van der Waals surface area contributed by atoms with Gasteiger partial charge in [-0.1, -0.05) is 23.7 Å². The lowest BCUT2D eigenvalue weighted by molar-refractivity contribution is 0.601. The average molecular weight is 568 g/mol. The Morgan fingerprint density at radius 3 is 2.41 bits per heavy atom. The number of hydrogen-bond acceptors (Lipinski definition) is 4. The Kier molecular flexibility index (Phi) is 11.4. The Morgan fingerprint density at radius 2 is 1.83 bits per heavy atom. The number of rotatable bonds is 8. The first-order valence-corrected chi connectivity index (χ1v) is 12.2. The second-order valence-corrected chi connectivity index (χ2v) is 9.89. The Bertz CT molecular complexity index is 920. The third-order valence-electron chi connectivity index (χ3n) is 3.88. The molecule has 0 aliphatic carbocycles. The van der Waals surface area contributed by atoms with Crippen molar-refractivity contribution in [1.29, 1.82) is 0 Å². The van der Waals surface area contributed by atoms with Gasteiger partial charge < -0.3 is 10.6 Å². The summed E-state index contributed by atoms with van der Waals surface area (Å²) in [4.78, 5) is 6.13. The highest BCUT2D eigenvalue weighted by Gasteiger charge is 2.10. The normalized spacial score (nSPS) is 11.7. The van der Waals surface area contributed by atoms with Gasteiger partial charge in [0, 0.05) is 35.0 Å². The molecule has 0 aromatic heterocycles. The summed E-state index contributed by atoms with van der Waals surface area (Å²) in [7, 11) is -3.20. The van der Waals surface area contributed by atoms with Crippen LogP contribution in [0.2, 0.25) is 5.02 Å². The van der Waals surface area contributed by atoms with E-state index in [-0.39, 0.29) is 24.0 Å². The number of sulfone groups is 1. The van der Waals surface area contributed by atoms with Crippen LogP contribution in [-0.2, 0) is 16.4 Å². The van der Waals surface area contributed by atoms with E-state index in [4.69, 9.17) is 11.6 Å². The first-order valence-electron chi connectivity index (χ1n) is 8.99. The first kappa shape index (κ1) is 26.1. The molecule has 0 saturated heterocycles. The standard InChI is InChI=1S/C20H26ClN3O2S2.HI/c1-4-22-20(23-11-12-27-18-8-6-17(21)7-9-18)24-14-16-5-10-19(15(2)13-16)28(3,25)26;/h5-10,13H,4,11-12,14H2,1-3H3,(H2,22,23,24);1H. The topological polar surface area (TPSA) is 70.6 Å². The summed E-state index contributed by atoms with van der Waals surface area (Å²) < 4.78 is 23.5. The van der Waals surface area contributed by atoms with E-state index in [0.717, 1.165) is 41.0 Å². The van der Waals surface area contributed by atoms with E-state index in [2.05, 4.69) is 15.6 Å². The van der Waals surface area contributed by atoms with Crippen molar-refractivity contribution in [2.45, 2.75) is 30.2 Å². The number of thioether (sulfide) groups is 1. The molecule has 0 aliphatic rings. The van der Waals surface area contributed by atoms with Gasteiger partial charge in [0.1, 0.15) is 0 Å². The fourth-order valence-corrected chi connectivity index (χ4v) is 4.46. The molecule has 2 N–H and O–H groups in total. The van der Waals surface area contributed by atoms with E-state index >= 15 is 0 Å². The van der Waals surface area contributed by atoms with Crippen molar-refractivity contribution in [3.63, 3.8) is 0 Å². The van der Waals surface area contributed by atoms with Crippen LogP contribution < -0.4 is 10.6 Å². The van der Waals surface area contributed by atoms with E-state index in [1.165, 1.54) is 11.2 Å². The Labute approximate surface area is 200 Å². The van der Waals surface area contributed by atoms with Gasteiger partial charge in [-0.05, 0) is 55.3 Å². The van der Waals surface area contributed by atoms with E-state index in [0.29, 0.717) is 11.4 Å². The molecular weight excluding hydrogens is 541 g/mol. The van der Waals surface area contributed by atoms with Crippen LogP contribution in [0.25, 0.3) is 0 Å². The predicted octanol–water partition coefficient (Wildman–Crippen LogP) is 4.52. The number of nitrogens with one attached hydrogen (secondary N) is 2. The zero-order valence-electron chi connectivity index (χ0n) is 16.7. The molecule has 0 fully saturated rings. The van der Waals surface area contributed by atoms with Crippen LogP contribution in [0.4, 0.5) is 0 Å². The van der Waals surface area contributed by atoms with Crippen molar-refractivity contribution in [1.82, 2.24) is 10.6 Å². The number of aliphatic imine (C=N–C) groups is 1. The smallest absolute Gasteiger partial charge is 0.191 e. The zero-order valence-corrected chi connectivity index (χ0v) is 21.5. The molecule has 29 heavy (non-hydrogen) atoms. The predicted molar refractivity (Wildman–Crippen MR) is 135 cm³/mol. The molecule has 0 aliphatic heterocycles. The van der Waals surface area contributed by atoms with Gasteiger partial charge in [-0.3, -0.25) is 0 Å². The number of guanidine groups is 1. The molecule has 2 rings (SSSR count). The molecule has 0 bridgehead atoms. The van der Waals surface area contributed by atoms with Crippen LogP contribution in [0.3, 0.4) is 0 Å². The number of halogens is 2. The molecule has 0 unspecified atom stereocenters. The molecule has 0 atom stereocenters. The van der Waals surface area contributed by atoms with Crippen molar-refractivity contribution in [2.24, 2.45) is 4.99 Å². The Hall–Kier alpha value is -0.970. The third-order valence-corrected chi connectivity index (χ3v) is 6.40. The summed E-state index contributed by atoms with van der Waals surface area (Å²) in [5, 5.41) is 7.28. The van der Waals surface area contributed by atoms with Gasteiger partial charge in [0.05, 0.1) is 11.4 Å². The fraction of sp³-hybridized carbons (Fsp3) is 0.350. The van der Waals surface area contributed by atoms with Crippen molar-refractivity contribution in [3.8, 4) is 0 Å². The van der Waals surface area contributed by atoms with Gasteiger partial charge in [0.2, 0.25) is 0 Å². The van der Waals surface area contributed by atoms with Gasteiger partial charge in [-0.25, -0.2) is 13.4 Å². The molecule has 0 saturated carbocycles. The Morgan fingerprint density at radius 1 is 1.14 bits per heavy atom. The fourth-order valence-electron chi connectivity index (χ4n) is 2.61. The highest BCUT2D eigenvalue weighted by molar-refractivity contribution is 14.0. The number of hydrogen-bond donors (Lipinski definition) is 2. The lowest BCUT2D eigenvalue weighted by atomic mass is 10.1. The van der Waals surface area contributed by atoms with E-state index in [9.17, 15) is 8.42 Å². The SMILES string of the molecule is CCNC(=NCc1ccc(S(C)(=O)=O)c(C)c1)NCCSc1ccc(Cl)cc1.I. The minimum atomic E-state index is -3.20. The maximum Gasteiger partial charge on any atom is 0.191 e. The highest BCUT2D eigenvalue weighted by atomic mass is 127. The molecule has 5 nitrogen and oxygen atoms in total. The van der Waals surface area contributed by atoms with Gasteiger partial charge in [0.15, 0.2) is 15.8 Å². The molecule has 0 spiro atoms. The molecular formula is C20H27ClIN3O2S2. The van der Waals surface area contributed by atoms with Gasteiger partial charge >= 0.3 is 0 Å². The molecule has 9 heteroatoms. The largest absolute Gasteiger partial charge is 0.357 e. The zero-order chi connectivity index (χ0) is 20.6. The highest BCUT2D eigenvalue weighted by Crippen LogP contribution is 2.20. The molecule has 2 aromatic carbocycles. The van der Waals surface area contributed by atoms with Gasteiger partial charge in [-0.15, -0.1) is 35.7 Å². The maximum absolute atomic E-state index is 11.7. The third kappa shape index (κ3) is 9.15. The van der Waals surface area contributed by atoms with Crippen molar-refractivity contribution in [2.75, 3.05) is 25.1 Å². The summed E-state index contributed by atoms with van der Waals surface area (Å²) in [6.45, 7) is 5.84. The second kappa shape index (κ2) is 12.7. The molecule has 2 aromatic rings. The lowest BCUT2D eigenvalue weighted by Crippen LogP contribution is -2.38. The summed E-state index contributed by atoms with van der Waals surface area (Å²) in [5.74, 6) is 1.64. The summed E-state index contributed by atoms with van der Waals surface area (Å²) >= 11 is 7.65. The average Bonchev–Trinajstić information content (AvgIpc) is 2.63. The second-order valence-electron chi connectivity index (χ2n) is 6.30. The number of benzene rings is 2. The van der Waals surface area contributed by atoms with Crippen molar-refractivity contribution >= 4 is 63.1 Å². The quantitative estimate of drug-likeness (QED) is 0.161. The van der Waals surface area contributed by atoms with Crippen LogP contribution in [0, 0.1) is 6.92 Å². The van der Waals surface area contributed by atoms with Crippen LogP contribution in [-0.4, -0.2) is 39.5 Å². The lowest BCUT2D eigenvalue weighted by Gasteiger charge is -2.12. The van der Waals surface area contributed by atoms with Gasteiger partial charge in [-0.2, -0.15) is 0 Å². The van der Waals surface area contributed by atoms with E-state index < -0.39 is 9.84 Å². The van der Waals surface area contributed by atoms with Crippen LogP contribution in [0.5, 0.6) is 0 Å². The maximum atomic E-state index is 11.7. The summed E-state index contributed by atoms with van der Waals surface area (Å²) in [5.41, 5.74) is 1.71. The van der Waals surface area contributed by atoms with Crippen molar-refractivity contribution < 1.29 is 8.42 Å². The minimum absolute atomic E-state index is 0. The van der Waals surface area contributed by atoms with Crippen LogP contribution >= 0.6 is 47.3 Å². The Balaban J connectivity index is 0.00000420. The van der Waals surface area contributed by atoms with Gasteiger partial charge in [0.25, 0.3) is 0 Å². The van der Waals surface area contributed by atoms with E-state index in [1.54, 1.807) is 24.8 Å². The van der Waals surface area contributed by atoms with Crippen LogP contribution in [0.1, 0.15) is 18.1 Å². The first-order chi connectivity index (χ1) is 13.3. The molecule has 0 heterocycles.